The number of aryl methyl sites for hydroxylation is 2. The Bertz CT molecular complexity index is 838. The van der Waals surface area contributed by atoms with Gasteiger partial charge in [0.1, 0.15) is 0 Å². The number of anilines is 1. The van der Waals surface area contributed by atoms with Crippen molar-refractivity contribution >= 4 is 29.1 Å². The molecule has 0 spiro atoms. The van der Waals surface area contributed by atoms with Crippen molar-refractivity contribution in [3.05, 3.63) is 63.7 Å². The predicted molar refractivity (Wildman–Crippen MR) is 110 cm³/mol. The molecule has 1 N–H and O–H groups in total. The van der Waals surface area contributed by atoms with Gasteiger partial charge < -0.3 is 10.2 Å². The molecule has 0 saturated carbocycles. The van der Waals surface area contributed by atoms with Gasteiger partial charge in [-0.05, 0) is 74.1 Å². The number of hydrogen-bond donors (Lipinski definition) is 1. The van der Waals surface area contributed by atoms with Gasteiger partial charge in [-0.1, -0.05) is 24.6 Å². The highest BCUT2D eigenvalue weighted by atomic mass is 35.5. The first kappa shape index (κ1) is 19.4. The monoisotopic (exact) mass is 384 g/mol. The van der Waals surface area contributed by atoms with Gasteiger partial charge in [-0.15, -0.1) is 0 Å². The maximum absolute atomic E-state index is 12.6. The number of nitrogens with zero attached hydrogens (tertiary/aromatic N) is 1. The summed E-state index contributed by atoms with van der Waals surface area (Å²) in [6, 6.07) is 10.6. The van der Waals surface area contributed by atoms with Crippen LogP contribution in [-0.2, 0) is 0 Å². The van der Waals surface area contributed by atoms with Gasteiger partial charge in [0.15, 0.2) is 0 Å². The van der Waals surface area contributed by atoms with E-state index >= 15 is 0 Å². The molecule has 1 aliphatic heterocycles. The second-order valence-corrected chi connectivity index (χ2v) is 7.88. The van der Waals surface area contributed by atoms with E-state index in [1.165, 1.54) is 6.42 Å². The topological polar surface area (TPSA) is 49.4 Å². The van der Waals surface area contributed by atoms with Crippen LogP contribution in [0, 0.1) is 19.8 Å². The molecule has 2 aromatic rings. The maximum Gasteiger partial charge on any atom is 0.255 e. The van der Waals surface area contributed by atoms with Crippen LogP contribution in [0.4, 0.5) is 5.69 Å². The number of nitrogens with one attached hydrogen (secondary N) is 1. The molecule has 1 fully saturated rings. The fourth-order valence-corrected chi connectivity index (χ4v) is 3.95. The van der Waals surface area contributed by atoms with E-state index in [4.69, 9.17) is 11.6 Å². The van der Waals surface area contributed by atoms with Crippen LogP contribution in [0.2, 0.25) is 5.02 Å². The lowest BCUT2D eigenvalue weighted by Crippen LogP contribution is -2.39. The van der Waals surface area contributed by atoms with Crippen molar-refractivity contribution in [1.82, 2.24) is 4.90 Å². The highest BCUT2D eigenvalue weighted by Gasteiger charge is 2.22. The number of carbonyl (C=O) groups is 2. The van der Waals surface area contributed by atoms with Crippen LogP contribution in [0.5, 0.6) is 0 Å². The zero-order chi connectivity index (χ0) is 19.6. The molecule has 0 bridgehead atoms. The maximum atomic E-state index is 12.6. The van der Waals surface area contributed by atoms with E-state index in [1.54, 1.807) is 24.3 Å². The molecule has 3 rings (SSSR count). The molecule has 1 aliphatic rings. The first-order valence-corrected chi connectivity index (χ1v) is 9.70. The van der Waals surface area contributed by atoms with Gasteiger partial charge in [0, 0.05) is 24.2 Å². The third-order valence-electron chi connectivity index (χ3n) is 5.01. The Morgan fingerprint density at radius 3 is 2.41 bits per heavy atom. The molecule has 1 unspecified atom stereocenters. The number of benzene rings is 2. The average Bonchev–Trinajstić information content (AvgIpc) is 2.64. The van der Waals surface area contributed by atoms with E-state index in [2.05, 4.69) is 12.2 Å². The van der Waals surface area contributed by atoms with Crippen LogP contribution >= 0.6 is 11.6 Å². The van der Waals surface area contributed by atoms with E-state index < -0.39 is 0 Å². The average molecular weight is 385 g/mol. The van der Waals surface area contributed by atoms with E-state index in [9.17, 15) is 9.59 Å². The minimum Gasteiger partial charge on any atom is -0.338 e. The smallest absolute Gasteiger partial charge is 0.255 e. The second kappa shape index (κ2) is 8.13. The number of piperidine rings is 1. The number of amides is 2. The van der Waals surface area contributed by atoms with Crippen LogP contribution < -0.4 is 5.32 Å². The van der Waals surface area contributed by atoms with E-state index in [0.717, 1.165) is 30.6 Å². The van der Waals surface area contributed by atoms with Crippen molar-refractivity contribution in [2.75, 3.05) is 18.4 Å². The lowest BCUT2D eigenvalue weighted by atomic mass is 9.99. The number of likely N-dealkylation sites (tertiary alicyclic amines) is 1. The predicted octanol–water partition coefficient (Wildman–Crippen LogP) is 5.08. The van der Waals surface area contributed by atoms with Gasteiger partial charge in [-0.3, -0.25) is 9.59 Å². The molecule has 0 aromatic heterocycles. The molecule has 1 saturated heterocycles. The second-order valence-electron chi connectivity index (χ2n) is 7.47. The largest absolute Gasteiger partial charge is 0.338 e. The number of halogens is 1. The van der Waals surface area contributed by atoms with Gasteiger partial charge in [0.2, 0.25) is 0 Å². The van der Waals surface area contributed by atoms with Gasteiger partial charge in [0.05, 0.1) is 10.7 Å². The molecule has 27 heavy (non-hydrogen) atoms. The van der Waals surface area contributed by atoms with Crippen LogP contribution in [0.15, 0.2) is 36.4 Å². The molecule has 2 amide bonds. The van der Waals surface area contributed by atoms with Crippen molar-refractivity contribution < 1.29 is 9.59 Å². The van der Waals surface area contributed by atoms with Crippen LogP contribution in [0.3, 0.4) is 0 Å². The Morgan fingerprint density at radius 1 is 1.11 bits per heavy atom. The molecule has 0 aliphatic carbocycles. The fourth-order valence-electron chi connectivity index (χ4n) is 3.58. The third kappa shape index (κ3) is 4.51. The summed E-state index contributed by atoms with van der Waals surface area (Å²) in [5.41, 5.74) is 3.69. The zero-order valence-electron chi connectivity index (χ0n) is 16.0. The quantitative estimate of drug-likeness (QED) is 0.802. The minimum absolute atomic E-state index is 0.0333. The first-order chi connectivity index (χ1) is 12.8. The van der Waals surface area contributed by atoms with Crippen LogP contribution in [0.1, 0.15) is 51.6 Å². The summed E-state index contributed by atoms with van der Waals surface area (Å²) in [5.74, 6) is 0.329. The molecule has 5 heteroatoms. The Morgan fingerprint density at radius 2 is 1.78 bits per heavy atom. The Balaban J connectivity index is 1.71. The molecule has 0 radical (unpaired) electrons. The summed E-state index contributed by atoms with van der Waals surface area (Å²) in [7, 11) is 0. The Hall–Kier alpha value is -2.33. The molecular formula is C22H25ClN2O2. The molecule has 4 nitrogen and oxygen atoms in total. The van der Waals surface area contributed by atoms with Crippen molar-refractivity contribution in [3.63, 3.8) is 0 Å². The molecule has 142 valence electrons. The summed E-state index contributed by atoms with van der Waals surface area (Å²) in [6.45, 7) is 7.65. The van der Waals surface area contributed by atoms with Crippen LogP contribution in [0.25, 0.3) is 0 Å². The van der Waals surface area contributed by atoms with Crippen molar-refractivity contribution in [2.45, 2.75) is 33.6 Å². The normalized spacial score (nSPS) is 16.9. The van der Waals surface area contributed by atoms with E-state index in [0.29, 0.717) is 27.8 Å². The lowest BCUT2D eigenvalue weighted by molar-refractivity contribution is 0.0682. The molecular weight excluding hydrogens is 360 g/mol. The highest BCUT2D eigenvalue weighted by Crippen LogP contribution is 2.28. The summed E-state index contributed by atoms with van der Waals surface area (Å²) in [6.07, 6.45) is 2.22. The summed E-state index contributed by atoms with van der Waals surface area (Å²) in [5, 5.41) is 3.39. The number of rotatable bonds is 3. The van der Waals surface area contributed by atoms with Crippen molar-refractivity contribution in [2.24, 2.45) is 5.92 Å². The van der Waals surface area contributed by atoms with Gasteiger partial charge in [0.25, 0.3) is 11.8 Å². The lowest BCUT2D eigenvalue weighted by Gasteiger charge is -2.31. The van der Waals surface area contributed by atoms with Gasteiger partial charge >= 0.3 is 0 Å². The van der Waals surface area contributed by atoms with Gasteiger partial charge in [-0.2, -0.15) is 0 Å². The summed E-state index contributed by atoms with van der Waals surface area (Å²) in [4.78, 5) is 27.1. The minimum atomic E-state index is -0.241. The Labute approximate surface area is 165 Å². The number of carbonyl (C=O) groups excluding carboxylic acids is 2. The molecule has 2 aromatic carbocycles. The Kier molecular flexibility index (Phi) is 5.85. The van der Waals surface area contributed by atoms with Gasteiger partial charge in [-0.25, -0.2) is 0 Å². The van der Waals surface area contributed by atoms with E-state index in [1.807, 2.05) is 30.9 Å². The molecule has 1 atom stereocenters. The fraction of sp³-hybridized carbons (Fsp3) is 0.364. The standard InChI is InChI=1S/C22H25ClN2O2/c1-14-5-4-10-25(13-14)22(27)18-8-6-17(7-9-18)21(26)24-20-16(3)11-15(2)12-19(20)23/h6-9,11-12,14H,4-5,10,13H2,1-3H3,(H,24,26). The highest BCUT2D eigenvalue weighted by molar-refractivity contribution is 6.34. The first-order valence-electron chi connectivity index (χ1n) is 9.32. The zero-order valence-corrected chi connectivity index (χ0v) is 16.8. The van der Waals surface area contributed by atoms with E-state index in [-0.39, 0.29) is 11.8 Å². The van der Waals surface area contributed by atoms with Crippen LogP contribution in [-0.4, -0.2) is 29.8 Å². The SMILES string of the molecule is Cc1cc(C)c(NC(=O)c2ccc(C(=O)N3CCCC(C)C3)cc2)c(Cl)c1. The summed E-state index contributed by atoms with van der Waals surface area (Å²) >= 11 is 6.27. The summed E-state index contributed by atoms with van der Waals surface area (Å²) < 4.78 is 0. The number of hydrogen-bond acceptors (Lipinski definition) is 2. The third-order valence-corrected chi connectivity index (χ3v) is 5.31. The molecule has 1 heterocycles. The van der Waals surface area contributed by atoms with Crippen molar-refractivity contribution in [3.8, 4) is 0 Å². The van der Waals surface area contributed by atoms with Crippen molar-refractivity contribution in [1.29, 1.82) is 0 Å².